The van der Waals surface area contributed by atoms with Crippen molar-refractivity contribution in [2.24, 2.45) is 4.99 Å². The fraction of sp³-hybridized carbons (Fsp3) is 0.300. The molecule has 2 N–H and O–H groups in total. The molecule has 1 saturated heterocycles. The monoisotopic (exact) mass is 371 g/mol. The first kappa shape index (κ1) is 18.4. The van der Waals surface area contributed by atoms with E-state index >= 15 is 0 Å². The third-order valence-electron chi connectivity index (χ3n) is 4.19. The van der Waals surface area contributed by atoms with Gasteiger partial charge < -0.3 is 10.1 Å². The summed E-state index contributed by atoms with van der Waals surface area (Å²) in [5, 5.41) is 6.73. The minimum atomic E-state index is -0.212. The van der Waals surface area contributed by atoms with Crippen LogP contribution in [0.1, 0.15) is 28.8 Å². The predicted molar refractivity (Wildman–Crippen MR) is 105 cm³/mol. The number of aryl methyl sites for hydroxylation is 1. The van der Waals surface area contributed by atoms with Crippen LogP contribution in [-0.4, -0.2) is 31.1 Å². The first-order chi connectivity index (χ1) is 12.6. The Bertz CT molecular complexity index is 787. The predicted octanol–water partition coefficient (Wildman–Crippen LogP) is 4.03. The Morgan fingerprint density at radius 1 is 1.27 bits per heavy atom. The lowest BCUT2D eigenvalue weighted by atomic mass is 10.2. The maximum atomic E-state index is 12.5. The van der Waals surface area contributed by atoms with Gasteiger partial charge in [-0.3, -0.25) is 10.1 Å². The van der Waals surface area contributed by atoms with E-state index in [2.05, 4.69) is 15.6 Å². The zero-order valence-electron chi connectivity index (χ0n) is 14.7. The Morgan fingerprint density at radius 2 is 2.08 bits per heavy atom. The van der Waals surface area contributed by atoms with E-state index in [1.807, 2.05) is 37.3 Å². The molecule has 1 unspecified atom stereocenters. The van der Waals surface area contributed by atoms with Gasteiger partial charge in [-0.2, -0.15) is 0 Å². The Kier molecular flexibility index (Phi) is 6.26. The van der Waals surface area contributed by atoms with E-state index in [4.69, 9.17) is 16.3 Å². The van der Waals surface area contributed by atoms with Gasteiger partial charge >= 0.3 is 0 Å². The first-order valence-corrected chi connectivity index (χ1v) is 9.05. The van der Waals surface area contributed by atoms with Crippen LogP contribution in [0.15, 0.2) is 53.5 Å². The van der Waals surface area contributed by atoms with Gasteiger partial charge in [-0.1, -0.05) is 29.8 Å². The number of amides is 1. The molecule has 1 aliphatic rings. The van der Waals surface area contributed by atoms with Crippen LogP contribution in [0.25, 0.3) is 0 Å². The second kappa shape index (κ2) is 8.83. The van der Waals surface area contributed by atoms with Gasteiger partial charge in [-0.05, 0) is 55.7 Å². The molecule has 3 rings (SSSR count). The summed E-state index contributed by atoms with van der Waals surface area (Å²) in [5.74, 6) is 0.190. The summed E-state index contributed by atoms with van der Waals surface area (Å²) in [6.07, 6.45) is 2.14. The lowest BCUT2D eigenvalue weighted by Crippen LogP contribution is -2.37. The highest BCUT2D eigenvalue weighted by atomic mass is 35.5. The number of halogens is 1. The van der Waals surface area contributed by atoms with Gasteiger partial charge in [0.1, 0.15) is 0 Å². The molecule has 2 aromatic carbocycles. The van der Waals surface area contributed by atoms with Crippen LogP contribution >= 0.6 is 11.6 Å². The summed E-state index contributed by atoms with van der Waals surface area (Å²) in [4.78, 5) is 17.0. The molecule has 1 fully saturated rings. The fourth-order valence-corrected chi connectivity index (χ4v) is 2.98. The molecule has 2 aromatic rings. The number of carbonyl (C=O) groups is 1. The molecule has 0 aromatic heterocycles. The standard InChI is InChI=1S/C20H22ClN3O2/c1-14-12-16(21)9-10-18(14)23-20(22-13-17-8-5-11-26-17)24-19(25)15-6-3-2-4-7-15/h2-4,6-7,9-10,12,17H,5,8,11,13H2,1H3,(H2,22,23,24,25). The van der Waals surface area contributed by atoms with E-state index in [1.54, 1.807) is 18.2 Å². The van der Waals surface area contributed by atoms with Gasteiger partial charge in [0.05, 0.1) is 12.6 Å². The SMILES string of the molecule is Cc1cc(Cl)ccc1NC(=NCC1CCCO1)NC(=O)c1ccccc1. The van der Waals surface area contributed by atoms with Crippen LogP contribution < -0.4 is 10.6 Å². The highest BCUT2D eigenvalue weighted by Crippen LogP contribution is 2.19. The second-order valence-electron chi connectivity index (χ2n) is 6.23. The highest BCUT2D eigenvalue weighted by molar-refractivity contribution is 6.30. The van der Waals surface area contributed by atoms with E-state index in [9.17, 15) is 4.79 Å². The van der Waals surface area contributed by atoms with E-state index in [0.717, 1.165) is 30.7 Å². The number of benzene rings is 2. The maximum absolute atomic E-state index is 12.5. The Morgan fingerprint density at radius 3 is 2.77 bits per heavy atom. The third-order valence-corrected chi connectivity index (χ3v) is 4.42. The highest BCUT2D eigenvalue weighted by Gasteiger charge is 2.16. The average Bonchev–Trinajstić information content (AvgIpc) is 3.16. The summed E-state index contributed by atoms with van der Waals surface area (Å²) in [7, 11) is 0. The van der Waals surface area contributed by atoms with Crippen molar-refractivity contribution in [2.45, 2.75) is 25.9 Å². The topological polar surface area (TPSA) is 62.7 Å². The number of aliphatic imine (C=N–C) groups is 1. The number of hydrogen-bond donors (Lipinski definition) is 2. The minimum Gasteiger partial charge on any atom is -0.376 e. The number of carbonyl (C=O) groups excluding carboxylic acids is 1. The average molecular weight is 372 g/mol. The molecule has 0 spiro atoms. The lowest BCUT2D eigenvalue weighted by Gasteiger charge is -2.15. The van der Waals surface area contributed by atoms with Crippen molar-refractivity contribution in [1.82, 2.24) is 5.32 Å². The quantitative estimate of drug-likeness (QED) is 0.630. The van der Waals surface area contributed by atoms with Crippen LogP contribution in [0.3, 0.4) is 0 Å². The summed E-state index contributed by atoms with van der Waals surface area (Å²) >= 11 is 6.02. The van der Waals surface area contributed by atoms with Gasteiger partial charge in [-0.25, -0.2) is 4.99 Å². The molecule has 0 radical (unpaired) electrons. The normalized spacial score (nSPS) is 17.2. The van der Waals surface area contributed by atoms with Gasteiger partial charge in [0.15, 0.2) is 0 Å². The molecule has 136 valence electrons. The van der Waals surface area contributed by atoms with Gasteiger partial charge in [0.25, 0.3) is 5.91 Å². The summed E-state index contributed by atoms with van der Waals surface area (Å²) in [5.41, 5.74) is 2.39. The zero-order valence-corrected chi connectivity index (χ0v) is 15.4. The molecule has 26 heavy (non-hydrogen) atoms. The van der Waals surface area contributed by atoms with Gasteiger partial charge in [0, 0.05) is 22.9 Å². The first-order valence-electron chi connectivity index (χ1n) is 8.67. The molecular weight excluding hydrogens is 350 g/mol. The molecule has 1 amide bonds. The molecule has 0 saturated carbocycles. The van der Waals surface area contributed by atoms with Crippen molar-refractivity contribution in [3.63, 3.8) is 0 Å². The van der Waals surface area contributed by atoms with E-state index in [0.29, 0.717) is 23.1 Å². The van der Waals surface area contributed by atoms with Crippen molar-refractivity contribution in [3.8, 4) is 0 Å². The van der Waals surface area contributed by atoms with Crippen LogP contribution in [0.4, 0.5) is 5.69 Å². The van der Waals surface area contributed by atoms with E-state index < -0.39 is 0 Å². The van der Waals surface area contributed by atoms with Crippen LogP contribution in [-0.2, 0) is 4.74 Å². The molecule has 1 aliphatic heterocycles. The second-order valence-corrected chi connectivity index (χ2v) is 6.67. The zero-order chi connectivity index (χ0) is 18.4. The van der Waals surface area contributed by atoms with Crippen LogP contribution in [0.2, 0.25) is 5.02 Å². The van der Waals surface area contributed by atoms with Crippen molar-refractivity contribution in [3.05, 3.63) is 64.7 Å². The molecule has 1 heterocycles. The summed E-state index contributed by atoms with van der Waals surface area (Å²) in [6, 6.07) is 14.6. The molecular formula is C20H22ClN3O2. The maximum Gasteiger partial charge on any atom is 0.257 e. The van der Waals surface area contributed by atoms with Crippen LogP contribution in [0.5, 0.6) is 0 Å². The number of rotatable bonds is 4. The number of ether oxygens (including phenoxy) is 1. The van der Waals surface area contributed by atoms with Gasteiger partial charge in [-0.15, -0.1) is 0 Å². The molecule has 1 atom stereocenters. The van der Waals surface area contributed by atoms with Crippen molar-refractivity contribution in [1.29, 1.82) is 0 Å². The molecule has 0 aliphatic carbocycles. The molecule has 0 bridgehead atoms. The molecule has 6 heteroatoms. The number of anilines is 1. The number of hydrogen-bond acceptors (Lipinski definition) is 3. The number of nitrogens with one attached hydrogen (secondary N) is 2. The van der Waals surface area contributed by atoms with Gasteiger partial charge in [0.2, 0.25) is 5.96 Å². The summed E-state index contributed by atoms with van der Waals surface area (Å²) in [6.45, 7) is 3.23. The number of guanidine groups is 1. The Hall–Kier alpha value is -2.37. The Balaban J connectivity index is 1.76. The smallest absolute Gasteiger partial charge is 0.257 e. The molecule has 5 nitrogen and oxygen atoms in total. The van der Waals surface area contributed by atoms with Crippen molar-refractivity contribution < 1.29 is 9.53 Å². The summed E-state index contributed by atoms with van der Waals surface area (Å²) < 4.78 is 5.62. The largest absolute Gasteiger partial charge is 0.376 e. The van der Waals surface area contributed by atoms with E-state index in [-0.39, 0.29) is 12.0 Å². The fourth-order valence-electron chi connectivity index (χ4n) is 2.76. The lowest BCUT2D eigenvalue weighted by molar-refractivity contribution is 0.0975. The minimum absolute atomic E-state index is 0.103. The van der Waals surface area contributed by atoms with E-state index in [1.165, 1.54) is 0 Å². The third kappa shape index (κ3) is 5.07. The number of nitrogens with zero attached hydrogens (tertiary/aromatic N) is 1. The van der Waals surface area contributed by atoms with Crippen molar-refractivity contribution >= 4 is 29.2 Å². The Labute approximate surface area is 158 Å². The van der Waals surface area contributed by atoms with Crippen molar-refractivity contribution in [2.75, 3.05) is 18.5 Å². The van der Waals surface area contributed by atoms with Crippen LogP contribution in [0, 0.1) is 6.92 Å².